The zero-order valence-electron chi connectivity index (χ0n) is 10.4. The highest BCUT2D eigenvalue weighted by Gasteiger charge is 2.43. The van der Waals surface area contributed by atoms with Crippen molar-refractivity contribution in [3.05, 3.63) is 24.3 Å². The van der Waals surface area contributed by atoms with Gasteiger partial charge in [0, 0.05) is 18.5 Å². The van der Waals surface area contributed by atoms with E-state index in [1.807, 2.05) is 12.1 Å². The van der Waals surface area contributed by atoms with Gasteiger partial charge in [-0.2, -0.15) is 0 Å². The first-order valence-corrected chi connectivity index (χ1v) is 6.42. The normalized spacial score (nSPS) is 22.3. The van der Waals surface area contributed by atoms with Gasteiger partial charge in [-0.25, -0.2) is 0 Å². The average Bonchev–Trinajstić information content (AvgIpc) is 2.37. The van der Waals surface area contributed by atoms with E-state index in [9.17, 15) is 0 Å². The van der Waals surface area contributed by atoms with Gasteiger partial charge in [-0.3, -0.25) is 0 Å². The lowest BCUT2D eigenvalue weighted by Crippen LogP contribution is -2.60. The molecule has 92 valence electrons. The summed E-state index contributed by atoms with van der Waals surface area (Å²) in [5.74, 6) is 0.997. The molecule has 0 aliphatic carbocycles. The highest BCUT2D eigenvalue weighted by Crippen LogP contribution is 2.43. The van der Waals surface area contributed by atoms with Gasteiger partial charge in [0.05, 0.1) is 12.8 Å². The van der Waals surface area contributed by atoms with Crippen LogP contribution in [-0.2, 0) is 0 Å². The number of nitrogens with zero attached hydrogens (tertiary/aromatic N) is 1. The Morgan fingerprint density at radius 1 is 1.18 bits per heavy atom. The predicted octanol–water partition coefficient (Wildman–Crippen LogP) is 1.88. The predicted molar refractivity (Wildman–Crippen MR) is 69.7 cm³/mol. The second kappa shape index (κ2) is 4.22. The zero-order chi connectivity index (χ0) is 11.7. The summed E-state index contributed by atoms with van der Waals surface area (Å²) in [5.41, 5.74) is 1.82. The van der Waals surface area contributed by atoms with E-state index in [1.165, 1.54) is 44.7 Å². The van der Waals surface area contributed by atoms with E-state index in [0.29, 0.717) is 5.41 Å². The first-order valence-electron chi connectivity index (χ1n) is 6.42. The molecule has 2 saturated heterocycles. The number of hydrogen-bond acceptors (Lipinski definition) is 3. The van der Waals surface area contributed by atoms with Crippen LogP contribution in [-0.4, -0.2) is 33.3 Å². The number of nitrogens with one attached hydrogen (secondary N) is 1. The van der Waals surface area contributed by atoms with Gasteiger partial charge >= 0.3 is 0 Å². The van der Waals surface area contributed by atoms with Crippen molar-refractivity contribution in [2.24, 2.45) is 5.41 Å². The van der Waals surface area contributed by atoms with Crippen molar-refractivity contribution >= 4 is 5.69 Å². The Bertz CT molecular complexity index is 391. The lowest BCUT2D eigenvalue weighted by molar-refractivity contribution is 0.149. The molecular weight excluding hydrogens is 212 g/mol. The van der Waals surface area contributed by atoms with Crippen LogP contribution < -0.4 is 15.0 Å². The topological polar surface area (TPSA) is 24.5 Å². The third-order valence-electron chi connectivity index (χ3n) is 4.14. The van der Waals surface area contributed by atoms with Crippen molar-refractivity contribution < 1.29 is 4.74 Å². The van der Waals surface area contributed by atoms with E-state index >= 15 is 0 Å². The molecule has 3 rings (SSSR count). The number of para-hydroxylation sites is 2. The monoisotopic (exact) mass is 232 g/mol. The van der Waals surface area contributed by atoms with Crippen molar-refractivity contribution in [1.29, 1.82) is 0 Å². The number of hydrogen-bond donors (Lipinski definition) is 1. The van der Waals surface area contributed by atoms with Gasteiger partial charge in [0.15, 0.2) is 0 Å². The van der Waals surface area contributed by atoms with Crippen molar-refractivity contribution in [2.45, 2.75) is 12.8 Å². The van der Waals surface area contributed by atoms with Crippen LogP contribution in [0.15, 0.2) is 24.3 Å². The molecule has 1 spiro atoms. The number of ether oxygens (including phenoxy) is 1. The van der Waals surface area contributed by atoms with Crippen LogP contribution in [0.4, 0.5) is 5.69 Å². The highest BCUT2D eigenvalue weighted by atomic mass is 16.5. The summed E-state index contributed by atoms with van der Waals surface area (Å²) in [4.78, 5) is 2.45. The van der Waals surface area contributed by atoms with Gasteiger partial charge in [-0.1, -0.05) is 12.1 Å². The molecule has 3 heteroatoms. The largest absolute Gasteiger partial charge is 0.495 e. The molecule has 17 heavy (non-hydrogen) atoms. The quantitative estimate of drug-likeness (QED) is 0.842. The molecule has 0 saturated carbocycles. The van der Waals surface area contributed by atoms with E-state index in [-0.39, 0.29) is 0 Å². The smallest absolute Gasteiger partial charge is 0.142 e. The van der Waals surface area contributed by atoms with Crippen LogP contribution in [0.5, 0.6) is 5.75 Å². The van der Waals surface area contributed by atoms with Crippen LogP contribution in [0.3, 0.4) is 0 Å². The van der Waals surface area contributed by atoms with E-state index in [4.69, 9.17) is 4.74 Å². The maximum Gasteiger partial charge on any atom is 0.142 e. The number of piperidine rings is 1. The molecule has 0 aromatic heterocycles. The first-order chi connectivity index (χ1) is 8.33. The number of methoxy groups -OCH3 is 1. The Morgan fingerprint density at radius 2 is 1.88 bits per heavy atom. The molecule has 0 radical (unpaired) electrons. The summed E-state index contributed by atoms with van der Waals surface area (Å²) in [6.45, 7) is 4.74. The van der Waals surface area contributed by atoms with E-state index in [1.54, 1.807) is 7.11 Å². The molecular formula is C14H20N2O. The van der Waals surface area contributed by atoms with Gasteiger partial charge in [0.1, 0.15) is 5.75 Å². The fourth-order valence-corrected chi connectivity index (χ4v) is 3.10. The average molecular weight is 232 g/mol. The Hall–Kier alpha value is -1.22. The fourth-order valence-electron chi connectivity index (χ4n) is 3.10. The fraction of sp³-hybridized carbons (Fsp3) is 0.571. The number of rotatable bonds is 2. The molecule has 3 nitrogen and oxygen atoms in total. The molecule has 1 N–H and O–H groups in total. The Labute approximate surface area is 103 Å². The number of anilines is 1. The van der Waals surface area contributed by atoms with E-state index in [2.05, 4.69) is 22.3 Å². The minimum Gasteiger partial charge on any atom is -0.495 e. The minimum atomic E-state index is 0.575. The SMILES string of the molecule is COc1ccccc1N1CC2(CCNCC2)C1. The Kier molecular flexibility index (Phi) is 2.71. The Balaban J connectivity index is 1.72. The molecule has 0 amide bonds. The summed E-state index contributed by atoms with van der Waals surface area (Å²) in [5, 5.41) is 3.44. The molecule has 2 aliphatic rings. The third kappa shape index (κ3) is 1.89. The van der Waals surface area contributed by atoms with Gasteiger partial charge < -0.3 is 15.0 Å². The summed E-state index contributed by atoms with van der Waals surface area (Å²) >= 11 is 0. The Morgan fingerprint density at radius 3 is 2.59 bits per heavy atom. The lowest BCUT2D eigenvalue weighted by atomic mass is 9.72. The van der Waals surface area contributed by atoms with Crippen molar-refractivity contribution in [3.63, 3.8) is 0 Å². The molecule has 2 aliphatic heterocycles. The summed E-state index contributed by atoms with van der Waals surface area (Å²) < 4.78 is 5.42. The summed E-state index contributed by atoms with van der Waals surface area (Å²) in [7, 11) is 1.75. The summed E-state index contributed by atoms with van der Waals surface area (Å²) in [6, 6.07) is 8.32. The molecule has 2 fully saturated rings. The first kappa shape index (κ1) is 10.9. The van der Waals surface area contributed by atoms with Gasteiger partial charge in [-0.15, -0.1) is 0 Å². The van der Waals surface area contributed by atoms with Crippen LogP contribution >= 0.6 is 0 Å². The van der Waals surface area contributed by atoms with Crippen LogP contribution in [0.1, 0.15) is 12.8 Å². The lowest BCUT2D eigenvalue weighted by Gasteiger charge is -2.53. The molecule has 2 heterocycles. The van der Waals surface area contributed by atoms with Crippen LogP contribution in [0.2, 0.25) is 0 Å². The molecule has 0 atom stereocenters. The van der Waals surface area contributed by atoms with E-state index in [0.717, 1.165) is 5.75 Å². The molecule has 0 bridgehead atoms. The number of benzene rings is 1. The second-order valence-electron chi connectivity index (χ2n) is 5.28. The van der Waals surface area contributed by atoms with E-state index < -0.39 is 0 Å². The molecule has 0 unspecified atom stereocenters. The molecule has 1 aromatic rings. The van der Waals surface area contributed by atoms with Crippen molar-refractivity contribution in [3.8, 4) is 5.75 Å². The van der Waals surface area contributed by atoms with Gasteiger partial charge in [0.25, 0.3) is 0 Å². The van der Waals surface area contributed by atoms with Crippen LogP contribution in [0.25, 0.3) is 0 Å². The minimum absolute atomic E-state index is 0.575. The second-order valence-corrected chi connectivity index (χ2v) is 5.28. The van der Waals surface area contributed by atoms with Crippen molar-refractivity contribution in [2.75, 3.05) is 38.2 Å². The molecule has 1 aromatic carbocycles. The standard InChI is InChI=1S/C14H20N2O/c1-17-13-5-3-2-4-12(13)16-10-14(11-16)6-8-15-9-7-14/h2-5,15H,6-11H2,1H3. The van der Waals surface area contributed by atoms with Crippen molar-refractivity contribution in [1.82, 2.24) is 5.32 Å². The maximum absolute atomic E-state index is 5.42. The zero-order valence-corrected chi connectivity index (χ0v) is 10.4. The van der Waals surface area contributed by atoms with Crippen LogP contribution in [0, 0.1) is 5.41 Å². The third-order valence-corrected chi connectivity index (χ3v) is 4.14. The maximum atomic E-state index is 5.42. The van der Waals surface area contributed by atoms with Gasteiger partial charge in [-0.05, 0) is 38.1 Å². The van der Waals surface area contributed by atoms with Gasteiger partial charge in [0.2, 0.25) is 0 Å². The summed E-state index contributed by atoms with van der Waals surface area (Å²) in [6.07, 6.45) is 2.64. The highest BCUT2D eigenvalue weighted by molar-refractivity contribution is 5.60.